The number of hydrogen-bond donors (Lipinski definition) is 1. The summed E-state index contributed by atoms with van der Waals surface area (Å²) in [4.78, 5) is 42.3. The van der Waals surface area contributed by atoms with E-state index in [1.54, 1.807) is 13.8 Å². The summed E-state index contributed by atoms with van der Waals surface area (Å²) < 4.78 is 47.2. The highest BCUT2D eigenvalue weighted by Gasteiger charge is 2.43. The number of carboxylic acids is 1. The molecule has 15 heteroatoms. The molecule has 0 spiro atoms. The predicted octanol–water partition coefficient (Wildman–Crippen LogP) is -0.262. The summed E-state index contributed by atoms with van der Waals surface area (Å²) in [6.07, 6.45) is 1.51. The van der Waals surface area contributed by atoms with Gasteiger partial charge in [0.2, 0.25) is 20.0 Å². The Kier molecular flexibility index (Phi) is 6.90. The molecule has 30 heavy (non-hydrogen) atoms. The number of rotatable bonds is 9. The SMILES string of the molecule is CC(C)[C@@H](C(=O)O)N1CC(=O)N(Cc2csc(CN(S(C)(=O)=O)S(C)(=O)=O)n2)C1=O. The standard InChI is InChI=1S/C15H22N4O8S3/c1-9(2)13(14(21)22)18-7-12(20)17(15(18)23)5-10-8-28-11(16-10)6-19(29(3,24)25)30(4,26)27/h8-9,13H,5-7H2,1-4H3,(H,21,22)/t13-/m0/s1. The van der Waals surface area contributed by atoms with E-state index in [1.165, 1.54) is 5.38 Å². The number of amides is 3. The Bertz CT molecular complexity index is 1030. The number of urea groups is 1. The van der Waals surface area contributed by atoms with Gasteiger partial charge in [0.05, 0.1) is 31.3 Å². The monoisotopic (exact) mass is 482 g/mol. The summed E-state index contributed by atoms with van der Waals surface area (Å²) >= 11 is 0.974. The highest BCUT2D eigenvalue weighted by molar-refractivity contribution is 8.03. The van der Waals surface area contributed by atoms with Crippen LogP contribution in [0.25, 0.3) is 0 Å². The van der Waals surface area contributed by atoms with Gasteiger partial charge in [-0.1, -0.05) is 17.6 Å². The molecule has 1 aromatic heterocycles. The first-order valence-corrected chi connectivity index (χ1v) is 13.2. The summed E-state index contributed by atoms with van der Waals surface area (Å²) in [6, 6.07) is -1.92. The smallest absolute Gasteiger partial charge is 0.328 e. The summed E-state index contributed by atoms with van der Waals surface area (Å²) in [6.45, 7) is 2.13. The molecular weight excluding hydrogens is 460 g/mol. The van der Waals surface area contributed by atoms with E-state index in [-0.39, 0.29) is 23.8 Å². The third-order valence-corrected chi connectivity index (χ3v) is 8.47. The normalized spacial score (nSPS) is 16.7. The van der Waals surface area contributed by atoms with Gasteiger partial charge in [0.1, 0.15) is 17.6 Å². The minimum Gasteiger partial charge on any atom is -0.480 e. The van der Waals surface area contributed by atoms with Crippen molar-refractivity contribution in [1.82, 2.24) is 18.5 Å². The molecule has 0 aliphatic carbocycles. The number of carbonyl (C=O) groups is 3. The molecule has 0 radical (unpaired) electrons. The number of carboxylic acid groups (broad SMARTS) is 1. The third-order valence-electron chi connectivity index (χ3n) is 4.23. The van der Waals surface area contributed by atoms with Crippen molar-refractivity contribution in [2.45, 2.75) is 33.0 Å². The van der Waals surface area contributed by atoms with Crippen molar-refractivity contribution < 1.29 is 36.3 Å². The van der Waals surface area contributed by atoms with Gasteiger partial charge in [0.25, 0.3) is 5.91 Å². The van der Waals surface area contributed by atoms with Gasteiger partial charge in [-0.3, -0.25) is 9.69 Å². The maximum atomic E-state index is 12.6. The Hall–Kier alpha value is -2.10. The molecular formula is C15H22N4O8S3. The fraction of sp³-hybridized carbons (Fsp3) is 0.600. The van der Waals surface area contributed by atoms with E-state index in [0.717, 1.165) is 33.6 Å². The molecule has 1 aliphatic heterocycles. The Morgan fingerprint density at radius 3 is 2.27 bits per heavy atom. The van der Waals surface area contributed by atoms with Gasteiger partial charge in [-0.05, 0) is 5.92 Å². The van der Waals surface area contributed by atoms with Gasteiger partial charge >= 0.3 is 12.0 Å². The topological polar surface area (TPSA) is 162 Å². The molecule has 2 rings (SSSR count). The molecule has 0 bridgehead atoms. The molecule has 1 atom stereocenters. The van der Waals surface area contributed by atoms with Crippen molar-refractivity contribution >= 4 is 49.3 Å². The summed E-state index contributed by atoms with van der Waals surface area (Å²) in [5.41, 5.74) is 0.247. The van der Waals surface area contributed by atoms with Crippen LogP contribution in [0, 0.1) is 5.92 Å². The average molecular weight is 483 g/mol. The van der Waals surface area contributed by atoms with Crippen LogP contribution in [0.15, 0.2) is 5.38 Å². The number of imide groups is 1. The molecule has 12 nitrogen and oxygen atoms in total. The molecule has 0 unspecified atom stereocenters. The van der Waals surface area contributed by atoms with Crippen molar-refractivity contribution in [3.8, 4) is 0 Å². The number of hydrogen-bond acceptors (Lipinski definition) is 9. The molecule has 0 saturated carbocycles. The van der Waals surface area contributed by atoms with E-state index in [0.29, 0.717) is 3.71 Å². The molecule has 1 N–H and O–H groups in total. The van der Waals surface area contributed by atoms with Crippen molar-refractivity contribution in [1.29, 1.82) is 0 Å². The minimum absolute atomic E-state index is 0.155. The minimum atomic E-state index is -4.05. The lowest BCUT2D eigenvalue weighted by Gasteiger charge is -2.26. The van der Waals surface area contributed by atoms with Crippen molar-refractivity contribution in [3.05, 3.63) is 16.1 Å². The number of carbonyl (C=O) groups excluding carboxylic acids is 2. The van der Waals surface area contributed by atoms with Gasteiger partial charge in [0.15, 0.2) is 0 Å². The van der Waals surface area contributed by atoms with Crippen LogP contribution in [0.3, 0.4) is 0 Å². The summed E-state index contributed by atoms with van der Waals surface area (Å²) in [7, 11) is -8.11. The first kappa shape index (κ1) is 24.2. The molecule has 1 aromatic rings. The Morgan fingerprint density at radius 2 is 1.80 bits per heavy atom. The van der Waals surface area contributed by atoms with Gasteiger partial charge in [-0.2, -0.15) is 0 Å². The molecule has 1 aliphatic rings. The Morgan fingerprint density at radius 1 is 1.23 bits per heavy atom. The molecule has 2 heterocycles. The maximum absolute atomic E-state index is 12.6. The van der Waals surface area contributed by atoms with E-state index in [1.807, 2.05) is 0 Å². The fourth-order valence-electron chi connectivity index (χ4n) is 2.96. The molecule has 1 fully saturated rings. The van der Waals surface area contributed by atoms with Crippen molar-refractivity contribution in [2.75, 3.05) is 19.1 Å². The zero-order chi connectivity index (χ0) is 23.0. The van der Waals surface area contributed by atoms with Crippen molar-refractivity contribution in [2.24, 2.45) is 5.92 Å². The summed E-state index contributed by atoms with van der Waals surface area (Å²) in [5.74, 6) is -2.22. The van der Waals surface area contributed by atoms with Gasteiger partial charge in [0, 0.05) is 5.38 Å². The average Bonchev–Trinajstić information content (AvgIpc) is 3.10. The third kappa shape index (κ3) is 5.33. The number of aromatic nitrogens is 1. The van der Waals surface area contributed by atoms with Crippen LogP contribution in [0.5, 0.6) is 0 Å². The summed E-state index contributed by atoms with van der Waals surface area (Å²) in [5, 5.41) is 11.0. The molecule has 168 valence electrons. The van der Waals surface area contributed by atoms with Crippen LogP contribution in [0.1, 0.15) is 24.5 Å². The van der Waals surface area contributed by atoms with Crippen LogP contribution in [-0.2, 0) is 42.7 Å². The molecule has 0 aromatic carbocycles. The fourth-order valence-corrected chi connectivity index (χ4v) is 6.58. The first-order valence-electron chi connectivity index (χ1n) is 8.58. The molecule has 3 amide bonds. The van der Waals surface area contributed by atoms with E-state index < -0.39 is 56.5 Å². The lowest BCUT2D eigenvalue weighted by atomic mass is 10.0. The van der Waals surface area contributed by atoms with Crippen LogP contribution >= 0.6 is 11.3 Å². The highest BCUT2D eigenvalue weighted by atomic mass is 32.3. The Labute approximate surface area is 178 Å². The van der Waals surface area contributed by atoms with Gasteiger partial charge in [-0.25, -0.2) is 31.4 Å². The molecule has 1 saturated heterocycles. The zero-order valence-electron chi connectivity index (χ0n) is 16.7. The van der Waals surface area contributed by atoms with Gasteiger partial charge < -0.3 is 10.0 Å². The van der Waals surface area contributed by atoms with E-state index in [4.69, 9.17) is 0 Å². The first-order chi connectivity index (χ1) is 13.6. The van der Waals surface area contributed by atoms with Crippen molar-refractivity contribution in [3.63, 3.8) is 0 Å². The zero-order valence-corrected chi connectivity index (χ0v) is 19.1. The number of sulfonamides is 2. The van der Waals surface area contributed by atoms with E-state index in [2.05, 4.69) is 4.98 Å². The van der Waals surface area contributed by atoms with Crippen LogP contribution in [0.4, 0.5) is 4.79 Å². The van der Waals surface area contributed by atoms with E-state index >= 15 is 0 Å². The highest BCUT2D eigenvalue weighted by Crippen LogP contribution is 2.23. The number of nitrogens with zero attached hydrogens (tertiary/aromatic N) is 4. The second-order valence-electron chi connectivity index (χ2n) is 7.11. The van der Waals surface area contributed by atoms with Crippen LogP contribution in [0.2, 0.25) is 0 Å². The predicted molar refractivity (Wildman–Crippen MR) is 106 cm³/mol. The Balaban J connectivity index is 2.19. The van der Waals surface area contributed by atoms with Crippen LogP contribution in [-0.4, -0.2) is 83.4 Å². The second-order valence-corrected chi connectivity index (χ2v) is 12.1. The number of thiazole rings is 1. The quantitative estimate of drug-likeness (QED) is 0.467. The lowest BCUT2D eigenvalue weighted by Crippen LogP contribution is -2.46. The van der Waals surface area contributed by atoms with Gasteiger partial charge in [-0.15, -0.1) is 11.3 Å². The second kappa shape index (κ2) is 8.56. The van der Waals surface area contributed by atoms with E-state index in [9.17, 15) is 36.3 Å². The lowest BCUT2D eigenvalue weighted by molar-refractivity contribution is -0.143. The number of aliphatic carboxylic acids is 1. The largest absolute Gasteiger partial charge is 0.480 e. The maximum Gasteiger partial charge on any atom is 0.328 e. The van der Waals surface area contributed by atoms with Crippen LogP contribution < -0.4 is 0 Å².